The summed E-state index contributed by atoms with van der Waals surface area (Å²) in [6, 6.07) is 14.8. The number of non-ortho nitro benzene ring substituents is 1. The summed E-state index contributed by atoms with van der Waals surface area (Å²) in [4.78, 5) is 11.6. The predicted molar refractivity (Wildman–Crippen MR) is 83.4 cm³/mol. The summed E-state index contributed by atoms with van der Waals surface area (Å²) in [5, 5.41) is 14.2. The summed E-state index contributed by atoms with van der Waals surface area (Å²) in [7, 11) is 0. The van der Waals surface area contributed by atoms with Crippen LogP contribution in [0.2, 0.25) is 0 Å². The molecule has 0 heterocycles. The monoisotopic (exact) mass is 288 g/mol. The van der Waals surface area contributed by atoms with Crippen molar-refractivity contribution in [2.45, 2.75) is 17.9 Å². The molecular weight excluding hydrogens is 272 g/mol. The van der Waals surface area contributed by atoms with E-state index in [2.05, 4.69) is 11.4 Å². The maximum absolute atomic E-state index is 10.8. The number of anilines is 1. The molecule has 4 nitrogen and oxygen atoms in total. The molecule has 2 aromatic carbocycles. The lowest BCUT2D eigenvalue weighted by Crippen LogP contribution is -2.06. The fourth-order valence-electron chi connectivity index (χ4n) is 1.95. The van der Waals surface area contributed by atoms with Gasteiger partial charge in [-0.2, -0.15) is 0 Å². The first kappa shape index (κ1) is 14.4. The van der Waals surface area contributed by atoms with E-state index in [9.17, 15) is 10.1 Å². The van der Waals surface area contributed by atoms with Gasteiger partial charge in [0, 0.05) is 28.8 Å². The molecule has 5 heteroatoms. The number of hydrogen-bond acceptors (Lipinski definition) is 4. The highest BCUT2D eigenvalue weighted by Crippen LogP contribution is 2.25. The minimum absolute atomic E-state index is 0.00649. The lowest BCUT2D eigenvalue weighted by molar-refractivity contribution is -0.384. The van der Waals surface area contributed by atoms with E-state index < -0.39 is 0 Å². The molecule has 0 radical (unpaired) electrons. The third kappa shape index (κ3) is 3.51. The Morgan fingerprint density at radius 3 is 2.65 bits per heavy atom. The molecule has 0 aliphatic rings. The average Bonchev–Trinajstić information content (AvgIpc) is 2.47. The molecule has 0 aliphatic carbocycles. The number of hydrogen-bond donors (Lipinski definition) is 1. The minimum atomic E-state index is -0.370. The highest BCUT2D eigenvalue weighted by Gasteiger charge is 2.10. The molecule has 0 aromatic heterocycles. The highest BCUT2D eigenvalue weighted by molar-refractivity contribution is 7.98. The van der Waals surface area contributed by atoms with Crippen LogP contribution in [0.15, 0.2) is 53.4 Å². The standard InChI is InChI=1S/C15H16N2O2S/c1-11(12-5-3-7-14(9-12)17(18)19)16-13-6-4-8-15(10-13)20-2/h3-11,16H,1-2H3. The quantitative estimate of drug-likeness (QED) is 0.500. The zero-order valence-electron chi connectivity index (χ0n) is 11.4. The summed E-state index contributed by atoms with van der Waals surface area (Å²) in [6.07, 6.45) is 2.03. The van der Waals surface area contributed by atoms with Crippen LogP contribution in [0.5, 0.6) is 0 Å². The molecule has 0 fully saturated rings. The van der Waals surface area contributed by atoms with Crippen molar-refractivity contribution in [2.75, 3.05) is 11.6 Å². The lowest BCUT2D eigenvalue weighted by Gasteiger charge is -2.16. The van der Waals surface area contributed by atoms with Crippen LogP contribution in [0, 0.1) is 10.1 Å². The number of benzene rings is 2. The van der Waals surface area contributed by atoms with Gasteiger partial charge in [0.15, 0.2) is 0 Å². The largest absolute Gasteiger partial charge is 0.378 e. The van der Waals surface area contributed by atoms with Crippen LogP contribution in [-0.2, 0) is 0 Å². The van der Waals surface area contributed by atoms with E-state index in [1.807, 2.05) is 37.4 Å². The van der Waals surface area contributed by atoms with Crippen molar-refractivity contribution in [3.8, 4) is 0 Å². The fourth-order valence-corrected chi connectivity index (χ4v) is 2.41. The second kappa shape index (κ2) is 6.43. The van der Waals surface area contributed by atoms with Crippen LogP contribution in [-0.4, -0.2) is 11.2 Å². The van der Waals surface area contributed by atoms with Gasteiger partial charge in [-0.15, -0.1) is 11.8 Å². The van der Waals surface area contributed by atoms with Crippen molar-refractivity contribution < 1.29 is 4.92 Å². The SMILES string of the molecule is CSc1cccc(NC(C)c2cccc([N+](=O)[O-])c2)c1. The molecular formula is C15H16N2O2S. The Kier molecular flexibility index (Phi) is 4.63. The normalized spacial score (nSPS) is 11.9. The smallest absolute Gasteiger partial charge is 0.269 e. The van der Waals surface area contributed by atoms with Gasteiger partial charge in [-0.05, 0) is 36.9 Å². The molecule has 1 N–H and O–H groups in total. The number of rotatable bonds is 5. The van der Waals surface area contributed by atoms with Gasteiger partial charge in [0.2, 0.25) is 0 Å². The molecule has 104 valence electrons. The van der Waals surface area contributed by atoms with Gasteiger partial charge in [0.1, 0.15) is 0 Å². The first-order valence-corrected chi connectivity index (χ1v) is 7.47. The van der Waals surface area contributed by atoms with Gasteiger partial charge in [-0.25, -0.2) is 0 Å². The molecule has 1 unspecified atom stereocenters. The van der Waals surface area contributed by atoms with Crippen molar-refractivity contribution >= 4 is 23.1 Å². The van der Waals surface area contributed by atoms with E-state index in [4.69, 9.17) is 0 Å². The summed E-state index contributed by atoms with van der Waals surface area (Å²) in [5.41, 5.74) is 2.03. The Hall–Kier alpha value is -2.01. The van der Waals surface area contributed by atoms with Crippen molar-refractivity contribution in [3.63, 3.8) is 0 Å². The molecule has 0 amide bonds. The van der Waals surface area contributed by atoms with Crippen LogP contribution < -0.4 is 5.32 Å². The minimum Gasteiger partial charge on any atom is -0.378 e. The van der Waals surface area contributed by atoms with Crippen LogP contribution in [0.4, 0.5) is 11.4 Å². The van der Waals surface area contributed by atoms with Gasteiger partial charge in [-0.1, -0.05) is 18.2 Å². The molecule has 1 atom stereocenters. The molecule has 0 spiro atoms. The average molecular weight is 288 g/mol. The Bertz CT molecular complexity index is 616. The molecule has 0 saturated carbocycles. The highest BCUT2D eigenvalue weighted by atomic mass is 32.2. The third-order valence-electron chi connectivity index (χ3n) is 3.03. The van der Waals surface area contributed by atoms with E-state index >= 15 is 0 Å². The summed E-state index contributed by atoms with van der Waals surface area (Å²) >= 11 is 1.68. The van der Waals surface area contributed by atoms with Crippen molar-refractivity contribution in [3.05, 3.63) is 64.2 Å². The second-order valence-electron chi connectivity index (χ2n) is 4.45. The molecule has 0 bridgehead atoms. The zero-order chi connectivity index (χ0) is 14.5. The maximum Gasteiger partial charge on any atom is 0.269 e. The van der Waals surface area contributed by atoms with Crippen molar-refractivity contribution in [1.29, 1.82) is 0 Å². The third-order valence-corrected chi connectivity index (χ3v) is 3.76. The van der Waals surface area contributed by atoms with Crippen LogP contribution in [0.3, 0.4) is 0 Å². The van der Waals surface area contributed by atoms with Crippen molar-refractivity contribution in [2.24, 2.45) is 0 Å². The topological polar surface area (TPSA) is 55.2 Å². The molecule has 2 aromatic rings. The maximum atomic E-state index is 10.8. The number of nitrogens with one attached hydrogen (secondary N) is 1. The van der Waals surface area contributed by atoms with Crippen LogP contribution in [0.1, 0.15) is 18.5 Å². The number of nitro benzene ring substituents is 1. The van der Waals surface area contributed by atoms with Gasteiger partial charge in [-0.3, -0.25) is 10.1 Å². The van der Waals surface area contributed by atoms with E-state index in [0.717, 1.165) is 11.3 Å². The summed E-state index contributed by atoms with van der Waals surface area (Å²) in [6.45, 7) is 1.99. The van der Waals surface area contributed by atoms with Crippen molar-refractivity contribution in [1.82, 2.24) is 0 Å². The lowest BCUT2D eigenvalue weighted by atomic mass is 10.1. The summed E-state index contributed by atoms with van der Waals surface area (Å²) < 4.78 is 0. The predicted octanol–water partition coefficient (Wildman–Crippen LogP) is 4.49. The Balaban J connectivity index is 2.16. The van der Waals surface area contributed by atoms with E-state index in [-0.39, 0.29) is 16.7 Å². The number of nitro groups is 1. The molecule has 20 heavy (non-hydrogen) atoms. The summed E-state index contributed by atoms with van der Waals surface area (Å²) in [5.74, 6) is 0. The molecule has 0 aliphatic heterocycles. The second-order valence-corrected chi connectivity index (χ2v) is 5.33. The first-order valence-electron chi connectivity index (χ1n) is 6.25. The Labute approximate surface area is 122 Å². The van der Waals surface area contributed by atoms with E-state index in [1.54, 1.807) is 23.9 Å². The van der Waals surface area contributed by atoms with Gasteiger partial charge in [0.25, 0.3) is 5.69 Å². The van der Waals surface area contributed by atoms with E-state index in [1.165, 1.54) is 11.0 Å². The van der Waals surface area contributed by atoms with Crippen LogP contribution in [0.25, 0.3) is 0 Å². The molecule has 2 rings (SSSR count). The van der Waals surface area contributed by atoms with Gasteiger partial charge in [0.05, 0.1) is 4.92 Å². The fraction of sp³-hybridized carbons (Fsp3) is 0.200. The zero-order valence-corrected chi connectivity index (χ0v) is 12.2. The Morgan fingerprint density at radius 2 is 1.95 bits per heavy atom. The number of thioether (sulfide) groups is 1. The number of nitrogens with zero attached hydrogens (tertiary/aromatic N) is 1. The van der Waals surface area contributed by atoms with Gasteiger partial charge < -0.3 is 5.32 Å². The Morgan fingerprint density at radius 1 is 1.20 bits per heavy atom. The molecule has 0 saturated heterocycles. The van der Waals surface area contributed by atoms with Crippen LogP contribution >= 0.6 is 11.8 Å². The van der Waals surface area contributed by atoms with E-state index in [0.29, 0.717) is 0 Å². The van der Waals surface area contributed by atoms with Gasteiger partial charge >= 0.3 is 0 Å². The first-order chi connectivity index (χ1) is 9.60.